The number of amides is 1. The molecule has 0 bridgehead atoms. The monoisotopic (exact) mass is 250 g/mol. The molecule has 1 atom stereocenters. The second-order valence-corrected chi connectivity index (χ2v) is 5.85. The highest BCUT2D eigenvalue weighted by Gasteiger charge is 2.37. The van der Waals surface area contributed by atoms with Crippen LogP contribution in [0.3, 0.4) is 0 Å². The first-order valence-corrected chi connectivity index (χ1v) is 7.43. The number of carbonyl (C=O) groups is 1. The molecule has 3 N–H and O–H groups in total. The minimum Gasteiger partial charge on any atom is -0.353 e. The van der Waals surface area contributed by atoms with Gasteiger partial charge in [0.05, 0.1) is 5.41 Å². The third-order valence-corrected chi connectivity index (χ3v) is 4.54. The molecule has 0 aromatic heterocycles. The zero-order chi connectivity index (χ0) is 12.8. The zero-order valence-corrected chi connectivity index (χ0v) is 11.3. The molecule has 0 saturated heterocycles. The first-order valence-electron chi connectivity index (χ1n) is 7.43. The lowest BCUT2D eigenvalue weighted by Crippen LogP contribution is -2.49. The fourth-order valence-corrected chi connectivity index (χ4v) is 3.19. The Balaban J connectivity index is 1.97. The van der Waals surface area contributed by atoms with Crippen LogP contribution in [0.25, 0.3) is 0 Å². The maximum atomic E-state index is 12.6. The SMILES string of the molecule is NCC1(C(=O)NC2CC=CCC2)CCCCCC1. The summed E-state index contributed by atoms with van der Waals surface area (Å²) in [6, 6.07) is 0.328. The Kier molecular flexibility index (Phi) is 4.81. The van der Waals surface area contributed by atoms with Gasteiger partial charge in [0.15, 0.2) is 0 Å². The third-order valence-electron chi connectivity index (χ3n) is 4.54. The number of rotatable bonds is 3. The van der Waals surface area contributed by atoms with E-state index in [1.165, 1.54) is 12.8 Å². The van der Waals surface area contributed by atoms with E-state index in [2.05, 4.69) is 17.5 Å². The van der Waals surface area contributed by atoms with Crippen LogP contribution >= 0.6 is 0 Å². The number of carbonyl (C=O) groups excluding carboxylic acids is 1. The molecule has 1 fully saturated rings. The van der Waals surface area contributed by atoms with Gasteiger partial charge >= 0.3 is 0 Å². The van der Waals surface area contributed by atoms with Crippen LogP contribution in [0.4, 0.5) is 0 Å². The van der Waals surface area contributed by atoms with E-state index in [0.29, 0.717) is 12.6 Å². The van der Waals surface area contributed by atoms with E-state index in [1.807, 2.05) is 0 Å². The van der Waals surface area contributed by atoms with E-state index in [0.717, 1.165) is 44.9 Å². The Hall–Kier alpha value is -0.830. The fraction of sp³-hybridized carbons (Fsp3) is 0.800. The second-order valence-electron chi connectivity index (χ2n) is 5.85. The van der Waals surface area contributed by atoms with Gasteiger partial charge in [-0.15, -0.1) is 0 Å². The molecule has 2 aliphatic rings. The van der Waals surface area contributed by atoms with Gasteiger partial charge in [-0.25, -0.2) is 0 Å². The third kappa shape index (κ3) is 3.14. The Bertz CT molecular complexity index is 304. The summed E-state index contributed by atoms with van der Waals surface area (Å²) in [5.74, 6) is 0.215. The molecule has 18 heavy (non-hydrogen) atoms. The molecule has 0 aromatic rings. The molecule has 3 nitrogen and oxygen atoms in total. The van der Waals surface area contributed by atoms with E-state index >= 15 is 0 Å². The van der Waals surface area contributed by atoms with Gasteiger partial charge in [-0.05, 0) is 32.1 Å². The number of nitrogens with two attached hydrogens (primary N) is 1. The molecule has 0 aromatic carbocycles. The summed E-state index contributed by atoms with van der Waals surface area (Å²) >= 11 is 0. The quantitative estimate of drug-likeness (QED) is 0.597. The molecular formula is C15H26N2O. The van der Waals surface area contributed by atoms with Crippen LogP contribution in [0, 0.1) is 5.41 Å². The minimum atomic E-state index is -0.280. The summed E-state index contributed by atoms with van der Waals surface area (Å²) in [5.41, 5.74) is 5.66. The largest absolute Gasteiger partial charge is 0.353 e. The molecule has 1 unspecified atom stereocenters. The lowest BCUT2D eigenvalue weighted by molar-refractivity contribution is -0.132. The number of hydrogen-bond acceptors (Lipinski definition) is 2. The van der Waals surface area contributed by atoms with Crippen molar-refractivity contribution in [2.45, 2.75) is 63.8 Å². The van der Waals surface area contributed by atoms with Crippen molar-refractivity contribution >= 4 is 5.91 Å². The first-order chi connectivity index (χ1) is 8.77. The Labute approximate surface area is 110 Å². The van der Waals surface area contributed by atoms with E-state index in [1.54, 1.807) is 0 Å². The Morgan fingerprint density at radius 1 is 1.22 bits per heavy atom. The predicted molar refractivity (Wildman–Crippen MR) is 74.1 cm³/mol. The van der Waals surface area contributed by atoms with Gasteiger partial charge in [0.25, 0.3) is 0 Å². The molecule has 102 valence electrons. The molecular weight excluding hydrogens is 224 g/mol. The van der Waals surface area contributed by atoms with E-state index in [4.69, 9.17) is 5.73 Å². The highest BCUT2D eigenvalue weighted by Crippen LogP contribution is 2.34. The summed E-state index contributed by atoms with van der Waals surface area (Å²) in [5, 5.41) is 3.24. The molecule has 1 saturated carbocycles. The summed E-state index contributed by atoms with van der Waals surface area (Å²) in [6.45, 7) is 0.501. The van der Waals surface area contributed by atoms with Crippen molar-refractivity contribution in [3.05, 3.63) is 12.2 Å². The fourth-order valence-electron chi connectivity index (χ4n) is 3.19. The molecule has 0 heterocycles. The summed E-state index contributed by atoms with van der Waals surface area (Å²) in [4.78, 5) is 12.6. The normalized spacial score (nSPS) is 27.5. The summed E-state index contributed by atoms with van der Waals surface area (Å²) in [7, 11) is 0. The number of hydrogen-bond donors (Lipinski definition) is 2. The van der Waals surface area contributed by atoms with Gasteiger partial charge < -0.3 is 11.1 Å². The van der Waals surface area contributed by atoms with Crippen molar-refractivity contribution in [3.8, 4) is 0 Å². The van der Waals surface area contributed by atoms with Crippen molar-refractivity contribution in [3.63, 3.8) is 0 Å². The van der Waals surface area contributed by atoms with Crippen LogP contribution in [0.5, 0.6) is 0 Å². The molecule has 1 amide bonds. The van der Waals surface area contributed by atoms with Crippen molar-refractivity contribution in [2.24, 2.45) is 11.1 Å². The highest BCUT2D eigenvalue weighted by molar-refractivity contribution is 5.83. The van der Waals surface area contributed by atoms with E-state index < -0.39 is 0 Å². The second kappa shape index (κ2) is 6.37. The molecule has 2 aliphatic carbocycles. The summed E-state index contributed by atoms with van der Waals surface area (Å²) in [6.07, 6.45) is 14.3. The highest BCUT2D eigenvalue weighted by atomic mass is 16.2. The maximum Gasteiger partial charge on any atom is 0.227 e. The van der Waals surface area contributed by atoms with Crippen LogP contribution < -0.4 is 11.1 Å². The lowest BCUT2D eigenvalue weighted by Gasteiger charge is -2.32. The Morgan fingerprint density at radius 2 is 1.94 bits per heavy atom. The van der Waals surface area contributed by atoms with Gasteiger partial charge in [-0.3, -0.25) is 4.79 Å². The average molecular weight is 250 g/mol. The first kappa shape index (κ1) is 13.6. The molecule has 0 spiro atoms. The van der Waals surface area contributed by atoms with E-state index in [-0.39, 0.29) is 11.3 Å². The van der Waals surface area contributed by atoms with Crippen LogP contribution in [0.1, 0.15) is 57.8 Å². The maximum absolute atomic E-state index is 12.6. The molecule has 0 radical (unpaired) electrons. The topological polar surface area (TPSA) is 55.1 Å². The molecule has 3 heteroatoms. The van der Waals surface area contributed by atoms with Gasteiger partial charge in [0.1, 0.15) is 0 Å². The number of nitrogens with one attached hydrogen (secondary N) is 1. The molecule has 2 rings (SSSR count). The van der Waals surface area contributed by atoms with Crippen LogP contribution in [-0.4, -0.2) is 18.5 Å². The smallest absolute Gasteiger partial charge is 0.227 e. The van der Waals surface area contributed by atoms with E-state index in [9.17, 15) is 4.79 Å². The number of allylic oxidation sites excluding steroid dienone is 1. The van der Waals surface area contributed by atoms with Crippen LogP contribution in [0.2, 0.25) is 0 Å². The van der Waals surface area contributed by atoms with Gasteiger partial charge in [-0.1, -0.05) is 37.8 Å². The van der Waals surface area contributed by atoms with Crippen molar-refractivity contribution in [1.29, 1.82) is 0 Å². The zero-order valence-electron chi connectivity index (χ0n) is 11.3. The van der Waals surface area contributed by atoms with Crippen molar-refractivity contribution < 1.29 is 4.79 Å². The summed E-state index contributed by atoms with van der Waals surface area (Å²) < 4.78 is 0. The van der Waals surface area contributed by atoms with Gasteiger partial charge in [-0.2, -0.15) is 0 Å². The standard InChI is InChI=1S/C15H26N2O/c16-12-15(10-6-1-2-7-11-15)14(18)17-13-8-4-3-5-9-13/h3-4,13H,1-2,5-12,16H2,(H,17,18). The van der Waals surface area contributed by atoms with Crippen molar-refractivity contribution in [1.82, 2.24) is 5.32 Å². The van der Waals surface area contributed by atoms with Gasteiger partial charge in [0.2, 0.25) is 5.91 Å². The minimum absolute atomic E-state index is 0.215. The lowest BCUT2D eigenvalue weighted by atomic mass is 9.79. The van der Waals surface area contributed by atoms with Crippen LogP contribution in [-0.2, 0) is 4.79 Å². The molecule has 0 aliphatic heterocycles. The predicted octanol–water partition coefficient (Wildman–Crippen LogP) is 2.51. The van der Waals surface area contributed by atoms with Crippen molar-refractivity contribution in [2.75, 3.05) is 6.54 Å². The Morgan fingerprint density at radius 3 is 2.50 bits per heavy atom. The average Bonchev–Trinajstić information content (AvgIpc) is 2.66. The van der Waals surface area contributed by atoms with Crippen LogP contribution in [0.15, 0.2) is 12.2 Å². The van der Waals surface area contributed by atoms with Gasteiger partial charge in [0, 0.05) is 12.6 Å².